The normalized spacial score (nSPS) is 11.0. The number of aromatic nitrogens is 2. The predicted octanol–water partition coefficient (Wildman–Crippen LogP) is 3.37. The molecule has 0 saturated carbocycles. The van der Waals surface area contributed by atoms with Crippen LogP contribution in [-0.4, -0.2) is 40.3 Å². The zero-order chi connectivity index (χ0) is 20.4. The van der Waals surface area contributed by atoms with Crippen LogP contribution in [-0.2, 0) is 18.4 Å². The zero-order valence-electron chi connectivity index (χ0n) is 16.6. The van der Waals surface area contributed by atoms with Gasteiger partial charge in [0, 0.05) is 25.5 Å². The number of carbonyl (C=O) groups excluding carboxylic acids is 1. The van der Waals surface area contributed by atoms with Crippen molar-refractivity contribution < 1.29 is 9.53 Å². The number of nitrogens with zero attached hydrogens (tertiary/aromatic N) is 3. The molecule has 0 aliphatic heterocycles. The van der Waals surface area contributed by atoms with Gasteiger partial charge in [0.15, 0.2) is 5.16 Å². The number of amides is 1. The third kappa shape index (κ3) is 4.07. The van der Waals surface area contributed by atoms with Gasteiger partial charge in [0.2, 0.25) is 5.91 Å². The molecule has 2 aromatic heterocycles. The zero-order valence-corrected chi connectivity index (χ0v) is 18.2. The van der Waals surface area contributed by atoms with Gasteiger partial charge in [0.05, 0.1) is 18.2 Å². The number of rotatable bonds is 6. The second-order valence-corrected chi connectivity index (χ2v) is 8.76. The Labute approximate surface area is 172 Å². The molecule has 148 valence electrons. The van der Waals surface area contributed by atoms with Gasteiger partial charge in [-0.25, -0.2) is 4.98 Å². The van der Waals surface area contributed by atoms with Crippen molar-refractivity contribution >= 4 is 39.2 Å². The summed E-state index contributed by atoms with van der Waals surface area (Å²) in [6.07, 6.45) is 0. The van der Waals surface area contributed by atoms with Crippen LogP contribution in [0.5, 0.6) is 5.75 Å². The van der Waals surface area contributed by atoms with Crippen LogP contribution in [0.2, 0.25) is 0 Å². The fourth-order valence-electron chi connectivity index (χ4n) is 2.85. The molecule has 0 fully saturated rings. The lowest BCUT2D eigenvalue weighted by atomic mass is 10.2. The quantitative estimate of drug-likeness (QED) is 0.454. The van der Waals surface area contributed by atoms with Crippen molar-refractivity contribution in [3.05, 3.63) is 50.6 Å². The van der Waals surface area contributed by atoms with Crippen LogP contribution in [0.3, 0.4) is 0 Å². The van der Waals surface area contributed by atoms with Gasteiger partial charge in [0.1, 0.15) is 10.6 Å². The first-order chi connectivity index (χ1) is 13.3. The van der Waals surface area contributed by atoms with E-state index in [-0.39, 0.29) is 17.2 Å². The molecular weight excluding hydrogens is 394 g/mol. The van der Waals surface area contributed by atoms with Gasteiger partial charge in [-0.1, -0.05) is 23.9 Å². The van der Waals surface area contributed by atoms with Crippen LogP contribution in [0.15, 0.2) is 34.2 Å². The number of thiophene rings is 1. The summed E-state index contributed by atoms with van der Waals surface area (Å²) in [5.41, 5.74) is 1.92. The van der Waals surface area contributed by atoms with Crippen LogP contribution in [0.1, 0.15) is 16.0 Å². The summed E-state index contributed by atoms with van der Waals surface area (Å²) in [5, 5.41) is 1.23. The topological polar surface area (TPSA) is 64.4 Å². The average molecular weight is 418 g/mol. The molecule has 0 aliphatic carbocycles. The summed E-state index contributed by atoms with van der Waals surface area (Å²) in [6.45, 7) is 4.43. The summed E-state index contributed by atoms with van der Waals surface area (Å²) in [5.74, 6) is 0.956. The second-order valence-electron chi connectivity index (χ2n) is 6.61. The van der Waals surface area contributed by atoms with E-state index in [1.807, 2.05) is 38.1 Å². The van der Waals surface area contributed by atoms with Crippen molar-refractivity contribution in [3.8, 4) is 5.75 Å². The molecule has 0 aliphatic rings. The molecule has 6 nitrogen and oxygen atoms in total. The Bertz CT molecular complexity index is 1090. The van der Waals surface area contributed by atoms with Crippen LogP contribution < -0.4 is 10.3 Å². The molecule has 2 heterocycles. The molecule has 3 aromatic rings. The Balaban J connectivity index is 1.71. The van der Waals surface area contributed by atoms with Crippen LogP contribution in [0.4, 0.5) is 0 Å². The van der Waals surface area contributed by atoms with E-state index in [0.29, 0.717) is 17.1 Å². The number of hydrogen-bond donors (Lipinski definition) is 0. The molecule has 0 unspecified atom stereocenters. The number of fused-ring (bicyclic) bond motifs is 1. The van der Waals surface area contributed by atoms with Gasteiger partial charge in [-0.15, -0.1) is 11.3 Å². The molecule has 0 bridgehead atoms. The fraction of sp³-hybridized carbons (Fsp3) is 0.350. The Hall–Kier alpha value is -2.32. The first-order valence-electron chi connectivity index (χ1n) is 8.78. The molecule has 3 rings (SSSR count). The Morgan fingerprint density at radius 2 is 2.11 bits per heavy atom. The highest BCUT2D eigenvalue weighted by molar-refractivity contribution is 7.99. The number of hydrogen-bond acceptors (Lipinski definition) is 6. The molecule has 0 spiro atoms. The predicted molar refractivity (Wildman–Crippen MR) is 115 cm³/mol. The van der Waals surface area contributed by atoms with Gasteiger partial charge in [0.25, 0.3) is 5.56 Å². The lowest BCUT2D eigenvalue weighted by molar-refractivity contribution is -0.127. The first kappa shape index (κ1) is 20.4. The highest BCUT2D eigenvalue weighted by Crippen LogP contribution is 2.28. The van der Waals surface area contributed by atoms with E-state index in [2.05, 4.69) is 4.98 Å². The van der Waals surface area contributed by atoms with E-state index in [1.54, 1.807) is 26.1 Å². The lowest BCUT2D eigenvalue weighted by Crippen LogP contribution is -2.28. The Morgan fingerprint density at radius 1 is 1.36 bits per heavy atom. The third-order valence-electron chi connectivity index (χ3n) is 4.67. The minimum Gasteiger partial charge on any atom is -0.497 e. The summed E-state index contributed by atoms with van der Waals surface area (Å²) < 4.78 is 6.75. The van der Waals surface area contributed by atoms with Crippen molar-refractivity contribution in [2.75, 3.05) is 19.9 Å². The molecule has 0 radical (unpaired) electrons. The van der Waals surface area contributed by atoms with Gasteiger partial charge in [-0.05, 0) is 37.1 Å². The highest BCUT2D eigenvalue weighted by atomic mass is 32.2. The number of thioether (sulfide) groups is 1. The number of aryl methyl sites for hydroxylation is 2. The molecule has 0 N–H and O–H groups in total. The molecular formula is C20H23N3O3S2. The Morgan fingerprint density at radius 3 is 2.82 bits per heavy atom. The lowest BCUT2D eigenvalue weighted by Gasteiger charge is -2.17. The summed E-state index contributed by atoms with van der Waals surface area (Å²) in [6, 6.07) is 7.65. The van der Waals surface area contributed by atoms with Crippen molar-refractivity contribution in [1.82, 2.24) is 14.5 Å². The van der Waals surface area contributed by atoms with E-state index >= 15 is 0 Å². The second kappa shape index (κ2) is 8.36. The van der Waals surface area contributed by atoms with E-state index in [0.717, 1.165) is 26.6 Å². The maximum absolute atomic E-state index is 12.7. The van der Waals surface area contributed by atoms with Crippen molar-refractivity contribution in [2.24, 2.45) is 7.05 Å². The number of methoxy groups -OCH3 is 1. The maximum Gasteiger partial charge on any atom is 0.262 e. The monoisotopic (exact) mass is 417 g/mol. The third-order valence-corrected chi connectivity index (χ3v) is 6.79. The minimum atomic E-state index is -0.0634. The smallest absolute Gasteiger partial charge is 0.262 e. The standard InChI is InChI=1S/C20H23N3O3S2/c1-12-13(2)28-18-17(12)19(25)23(4)20(21-18)27-11-16(24)22(3)10-14-7-6-8-15(9-14)26-5/h6-9H,10-11H2,1-5H3. The van der Waals surface area contributed by atoms with E-state index in [1.165, 1.54) is 27.7 Å². The number of carbonyl (C=O) groups is 1. The van der Waals surface area contributed by atoms with Crippen molar-refractivity contribution in [3.63, 3.8) is 0 Å². The molecule has 1 amide bonds. The molecule has 28 heavy (non-hydrogen) atoms. The van der Waals surface area contributed by atoms with Crippen molar-refractivity contribution in [1.29, 1.82) is 0 Å². The SMILES string of the molecule is COc1cccc(CN(C)C(=O)CSc2nc3sc(C)c(C)c3c(=O)n2C)c1. The summed E-state index contributed by atoms with van der Waals surface area (Å²) >= 11 is 2.81. The summed E-state index contributed by atoms with van der Waals surface area (Å²) in [4.78, 5) is 33.3. The van der Waals surface area contributed by atoms with Gasteiger partial charge < -0.3 is 9.64 Å². The van der Waals surface area contributed by atoms with Crippen LogP contribution in [0, 0.1) is 13.8 Å². The number of benzene rings is 1. The van der Waals surface area contributed by atoms with E-state index in [9.17, 15) is 9.59 Å². The molecule has 1 aromatic carbocycles. The Kier molecular flexibility index (Phi) is 6.10. The van der Waals surface area contributed by atoms with Crippen LogP contribution >= 0.6 is 23.1 Å². The maximum atomic E-state index is 12.7. The average Bonchev–Trinajstić information content (AvgIpc) is 2.97. The highest BCUT2D eigenvalue weighted by Gasteiger charge is 2.17. The number of ether oxygens (including phenoxy) is 1. The first-order valence-corrected chi connectivity index (χ1v) is 10.6. The van der Waals surface area contributed by atoms with Gasteiger partial charge >= 0.3 is 0 Å². The molecule has 0 atom stereocenters. The van der Waals surface area contributed by atoms with Crippen molar-refractivity contribution in [2.45, 2.75) is 25.5 Å². The van der Waals surface area contributed by atoms with E-state index in [4.69, 9.17) is 4.74 Å². The fourth-order valence-corrected chi connectivity index (χ4v) is 4.84. The van der Waals surface area contributed by atoms with E-state index < -0.39 is 0 Å². The minimum absolute atomic E-state index is 0.0271. The molecule has 0 saturated heterocycles. The van der Waals surface area contributed by atoms with Crippen LogP contribution in [0.25, 0.3) is 10.2 Å². The largest absolute Gasteiger partial charge is 0.497 e. The summed E-state index contributed by atoms with van der Waals surface area (Å²) in [7, 11) is 5.09. The molecule has 8 heteroatoms. The van der Waals surface area contributed by atoms with Gasteiger partial charge in [-0.3, -0.25) is 14.2 Å². The van der Waals surface area contributed by atoms with Gasteiger partial charge in [-0.2, -0.15) is 0 Å².